The average molecular weight is 477 g/mol. The molecule has 0 aromatic heterocycles. The number of hydrogen-bond acceptors (Lipinski definition) is 3. The minimum atomic E-state index is -0.551. The number of guanidine groups is 1. The highest BCUT2D eigenvalue weighted by Crippen LogP contribution is 2.22. The van der Waals surface area contributed by atoms with Crippen LogP contribution in [-0.2, 0) is 10.2 Å². The number of aliphatic hydroxyl groups is 1. The summed E-state index contributed by atoms with van der Waals surface area (Å²) in [6.07, 6.45) is -0.551. The molecule has 0 aliphatic heterocycles. The first-order valence-electron chi connectivity index (χ1n) is 9.18. The van der Waals surface area contributed by atoms with E-state index in [0.29, 0.717) is 32.2 Å². The van der Waals surface area contributed by atoms with E-state index in [9.17, 15) is 5.11 Å². The zero-order valence-electron chi connectivity index (χ0n) is 16.8. The molecule has 0 bridgehead atoms. The van der Waals surface area contributed by atoms with Crippen LogP contribution in [-0.4, -0.2) is 50.0 Å². The van der Waals surface area contributed by atoms with Crippen LogP contribution in [0.3, 0.4) is 0 Å². The van der Waals surface area contributed by atoms with Gasteiger partial charge in [0.2, 0.25) is 0 Å². The average Bonchev–Trinajstić information content (AvgIpc) is 2.58. The van der Waals surface area contributed by atoms with Gasteiger partial charge in [0.15, 0.2) is 5.96 Å². The molecule has 1 aromatic carbocycles. The standard InChI is InChI=1S/C20H35N3O2.HI/c1-6-21-19(22-12-18(24)14-25-13-16(2)3)23-15-20(4,5)17-10-8-7-9-11-17;/h7-11,16,18,24H,6,12-15H2,1-5H3,(H2,21,22,23);1H. The fourth-order valence-corrected chi connectivity index (χ4v) is 2.31. The lowest BCUT2D eigenvalue weighted by Crippen LogP contribution is -2.43. The van der Waals surface area contributed by atoms with Gasteiger partial charge in [-0.3, -0.25) is 4.99 Å². The predicted octanol–water partition coefficient (Wildman–Crippen LogP) is 3.17. The largest absolute Gasteiger partial charge is 0.389 e. The minimum absolute atomic E-state index is 0. The summed E-state index contributed by atoms with van der Waals surface area (Å²) in [6.45, 7) is 13.4. The lowest BCUT2D eigenvalue weighted by molar-refractivity contribution is 0.0280. The molecule has 0 heterocycles. The molecule has 1 aromatic rings. The van der Waals surface area contributed by atoms with Crippen molar-refractivity contribution < 1.29 is 9.84 Å². The van der Waals surface area contributed by atoms with Gasteiger partial charge in [-0.05, 0) is 18.4 Å². The van der Waals surface area contributed by atoms with E-state index in [0.717, 1.165) is 12.5 Å². The van der Waals surface area contributed by atoms with Gasteiger partial charge >= 0.3 is 0 Å². The molecular weight excluding hydrogens is 441 g/mol. The lowest BCUT2D eigenvalue weighted by Gasteiger charge is -2.24. The Kier molecular flexibility index (Phi) is 12.9. The molecule has 1 unspecified atom stereocenters. The summed E-state index contributed by atoms with van der Waals surface area (Å²) in [5, 5.41) is 16.4. The maximum Gasteiger partial charge on any atom is 0.191 e. The Hall–Kier alpha value is -0.860. The number of hydrogen-bond donors (Lipinski definition) is 3. The van der Waals surface area contributed by atoms with E-state index in [2.05, 4.69) is 67.6 Å². The molecule has 0 radical (unpaired) electrons. The predicted molar refractivity (Wildman–Crippen MR) is 121 cm³/mol. The van der Waals surface area contributed by atoms with Gasteiger partial charge in [-0.1, -0.05) is 58.0 Å². The molecule has 6 heteroatoms. The Labute approximate surface area is 176 Å². The minimum Gasteiger partial charge on any atom is -0.389 e. The van der Waals surface area contributed by atoms with Crippen LogP contribution in [0, 0.1) is 5.92 Å². The van der Waals surface area contributed by atoms with Gasteiger partial charge in [0, 0.05) is 25.1 Å². The van der Waals surface area contributed by atoms with Gasteiger partial charge in [-0.15, -0.1) is 24.0 Å². The Morgan fingerprint density at radius 3 is 2.38 bits per heavy atom. The summed E-state index contributed by atoms with van der Waals surface area (Å²) < 4.78 is 5.47. The number of ether oxygens (including phenoxy) is 1. The normalized spacial score (nSPS) is 13.3. The fraction of sp³-hybridized carbons (Fsp3) is 0.650. The zero-order valence-corrected chi connectivity index (χ0v) is 19.1. The third-order valence-electron chi connectivity index (χ3n) is 3.80. The molecule has 0 aliphatic carbocycles. The van der Waals surface area contributed by atoms with Crippen molar-refractivity contribution in [1.82, 2.24) is 10.6 Å². The van der Waals surface area contributed by atoms with Gasteiger partial charge in [-0.2, -0.15) is 0 Å². The Morgan fingerprint density at radius 2 is 1.81 bits per heavy atom. The molecule has 0 aliphatic rings. The molecule has 26 heavy (non-hydrogen) atoms. The molecule has 0 spiro atoms. The van der Waals surface area contributed by atoms with E-state index < -0.39 is 6.10 Å². The Balaban J connectivity index is 0.00000625. The monoisotopic (exact) mass is 477 g/mol. The van der Waals surface area contributed by atoms with E-state index in [4.69, 9.17) is 4.74 Å². The second-order valence-corrected chi connectivity index (χ2v) is 7.41. The van der Waals surface area contributed by atoms with Crippen molar-refractivity contribution in [3.8, 4) is 0 Å². The summed E-state index contributed by atoms with van der Waals surface area (Å²) in [5.74, 6) is 1.19. The van der Waals surface area contributed by atoms with Crippen LogP contribution in [0.15, 0.2) is 35.3 Å². The number of nitrogens with one attached hydrogen (secondary N) is 2. The van der Waals surface area contributed by atoms with Crippen LogP contribution < -0.4 is 10.6 Å². The van der Waals surface area contributed by atoms with E-state index in [-0.39, 0.29) is 29.4 Å². The first kappa shape index (κ1) is 25.1. The summed E-state index contributed by atoms with van der Waals surface area (Å²) in [5.41, 5.74) is 1.21. The number of nitrogens with zero attached hydrogens (tertiary/aromatic N) is 1. The highest BCUT2D eigenvalue weighted by atomic mass is 127. The Bertz CT molecular complexity index is 507. The van der Waals surface area contributed by atoms with E-state index in [1.54, 1.807) is 0 Å². The number of aliphatic hydroxyl groups excluding tert-OH is 1. The van der Waals surface area contributed by atoms with Crippen LogP contribution in [0.4, 0.5) is 0 Å². The van der Waals surface area contributed by atoms with Crippen LogP contribution in [0.2, 0.25) is 0 Å². The van der Waals surface area contributed by atoms with Gasteiger partial charge in [0.25, 0.3) is 0 Å². The van der Waals surface area contributed by atoms with Crippen molar-refractivity contribution >= 4 is 29.9 Å². The highest BCUT2D eigenvalue weighted by Gasteiger charge is 2.20. The highest BCUT2D eigenvalue weighted by molar-refractivity contribution is 14.0. The Morgan fingerprint density at radius 1 is 1.15 bits per heavy atom. The summed E-state index contributed by atoms with van der Waals surface area (Å²) in [7, 11) is 0. The van der Waals surface area contributed by atoms with Crippen molar-refractivity contribution in [3.63, 3.8) is 0 Å². The van der Waals surface area contributed by atoms with Gasteiger partial charge in [0.05, 0.1) is 19.3 Å². The van der Waals surface area contributed by atoms with Gasteiger partial charge < -0.3 is 20.5 Å². The van der Waals surface area contributed by atoms with Gasteiger partial charge in [-0.25, -0.2) is 0 Å². The maximum atomic E-state index is 10.0. The molecule has 0 saturated heterocycles. The molecule has 0 amide bonds. The van der Waals surface area contributed by atoms with E-state index >= 15 is 0 Å². The number of rotatable bonds is 10. The zero-order chi connectivity index (χ0) is 18.7. The SMILES string of the molecule is CCNC(=NCC(C)(C)c1ccccc1)NCC(O)COCC(C)C.I. The van der Waals surface area contributed by atoms with E-state index in [1.807, 2.05) is 13.0 Å². The van der Waals surface area contributed by atoms with Crippen molar-refractivity contribution in [1.29, 1.82) is 0 Å². The molecule has 0 saturated carbocycles. The molecule has 1 atom stereocenters. The lowest BCUT2D eigenvalue weighted by atomic mass is 9.85. The van der Waals surface area contributed by atoms with Crippen molar-refractivity contribution in [2.24, 2.45) is 10.9 Å². The molecule has 150 valence electrons. The second kappa shape index (κ2) is 13.3. The van der Waals surface area contributed by atoms with Crippen LogP contribution in [0.1, 0.15) is 40.2 Å². The topological polar surface area (TPSA) is 65.9 Å². The van der Waals surface area contributed by atoms with Crippen LogP contribution >= 0.6 is 24.0 Å². The molecule has 3 N–H and O–H groups in total. The van der Waals surface area contributed by atoms with Crippen molar-refractivity contribution in [2.45, 2.75) is 46.1 Å². The molecule has 1 rings (SSSR count). The fourth-order valence-electron chi connectivity index (χ4n) is 2.31. The maximum absolute atomic E-state index is 10.0. The van der Waals surface area contributed by atoms with Crippen LogP contribution in [0.5, 0.6) is 0 Å². The summed E-state index contributed by atoms with van der Waals surface area (Å²) in [4.78, 5) is 4.68. The molecular formula is C20H36IN3O2. The van der Waals surface area contributed by atoms with Crippen LogP contribution in [0.25, 0.3) is 0 Å². The van der Waals surface area contributed by atoms with Crippen molar-refractivity contribution in [2.75, 3.05) is 32.8 Å². The van der Waals surface area contributed by atoms with Gasteiger partial charge in [0.1, 0.15) is 0 Å². The molecule has 5 nitrogen and oxygen atoms in total. The third-order valence-corrected chi connectivity index (χ3v) is 3.80. The summed E-state index contributed by atoms with van der Waals surface area (Å²) >= 11 is 0. The third kappa shape index (κ3) is 10.3. The first-order valence-corrected chi connectivity index (χ1v) is 9.18. The van der Waals surface area contributed by atoms with Crippen molar-refractivity contribution in [3.05, 3.63) is 35.9 Å². The number of aliphatic imine (C=N–C) groups is 1. The quantitative estimate of drug-likeness (QED) is 0.275. The number of benzene rings is 1. The van der Waals surface area contributed by atoms with E-state index in [1.165, 1.54) is 5.56 Å². The number of halogens is 1. The summed E-state index contributed by atoms with van der Waals surface area (Å²) in [6, 6.07) is 10.4. The smallest absolute Gasteiger partial charge is 0.191 e. The molecule has 0 fully saturated rings. The second-order valence-electron chi connectivity index (χ2n) is 7.41. The first-order chi connectivity index (χ1) is 11.8.